The lowest BCUT2D eigenvalue weighted by molar-refractivity contribution is -0.359. The summed E-state index contributed by atoms with van der Waals surface area (Å²) in [6, 6.07) is -0.949. The number of carbonyl (C=O) groups excluding carboxylic acids is 1. The highest BCUT2D eigenvalue weighted by atomic mass is 16.7. The van der Waals surface area contributed by atoms with Gasteiger partial charge in [0.15, 0.2) is 12.6 Å². The smallest absolute Gasteiger partial charge is 0.220 e. The molecule has 12 atom stereocenters. The molecule has 2 rings (SSSR count). The van der Waals surface area contributed by atoms with Crippen LogP contribution in [0.5, 0.6) is 0 Å². The maximum atomic E-state index is 13.3. The molecule has 0 saturated carbocycles. The van der Waals surface area contributed by atoms with Gasteiger partial charge in [0.1, 0.15) is 48.8 Å². The molecule has 0 aromatic heterocycles. The normalized spacial score (nSPS) is 23.7. The molecule has 1 amide bonds. The predicted molar refractivity (Wildman–Crippen MR) is 360 cm³/mol. The zero-order valence-electron chi connectivity index (χ0n) is 55.4. The molecule has 2 aliphatic rings. The minimum atomic E-state index is -1.80. The van der Waals surface area contributed by atoms with E-state index in [1.165, 1.54) is 167 Å². The Bertz CT molecular complexity index is 1800. The van der Waals surface area contributed by atoms with Gasteiger partial charge in [-0.3, -0.25) is 4.79 Å². The lowest BCUT2D eigenvalue weighted by atomic mass is 9.97. The number of allylic oxidation sites excluding steroid dienone is 13. The minimum Gasteiger partial charge on any atom is -0.394 e. The molecule has 14 nitrogen and oxygen atoms in total. The lowest BCUT2D eigenvalue weighted by Gasteiger charge is -2.46. The molecule has 0 aromatic carbocycles. The topological polar surface area (TPSA) is 228 Å². The second-order valence-corrected chi connectivity index (χ2v) is 25.0. The van der Waals surface area contributed by atoms with E-state index in [1.54, 1.807) is 6.08 Å². The number of carbonyl (C=O) groups is 1. The van der Waals surface area contributed by atoms with E-state index < -0.39 is 86.8 Å². The Hall–Kier alpha value is -2.83. The molecule has 2 fully saturated rings. The SMILES string of the molecule is CC/C=C\C/C=C\C/C=C\C/C=C\CCCCCCCCCCC(=O)NC(COC1OC(CO)C(OC2OC(CO)C(O)C(O)C2O)C(O)C1O)C(O)/C=C/CC/C=C/CC/C=C/CCCCCCCCCCCCCCCCCCCCCCCCC. The summed E-state index contributed by atoms with van der Waals surface area (Å²) in [5.74, 6) is -0.263. The number of rotatable bonds is 58. The lowest BCUT2D eigenvalue weighted by Crippen LogP contribution is -2.65. The van der Waals surface area contributed by atoms with Crippen LogP contribution in [0.4, 0.5) is 0 Å². The Labute approximate surface area is 535 Å². The Morgan fingerprint density at radius 1 is 0.420 bits per heavy atom. The Morgan fingerprint density at radius 3 is 1.25 bits per heavy atom. The Kier molecular flexibility index (Phi) is 53.6. The van der Waals surface area contributed by atoms with Gasteiger partial charge < -0.3 is 65.1 Å². The highest BCUT2D eigenvalue weighted by molar-refractivity contribution is 5.76. The van der Waals surface area contributed by atoms with Crippen LogP contribution in [0.2, 0.25) is 0 Å². The summed E-state index contributed by atoms with van der Waals surface area (Å²) < 4.78 is 22.8. The van der Waals surface area contributed by atoms with Gasteiger partial charge in [0.2, 0.25) is 5.91 Å². The summed E-state index contributed by atoms with van der Waals surface area (Å²) in [7, 11) is 0. The quantitative estimate of drug-likeness (QED) is 0.0204. The van der Waals surface area contributed by atoms with Crippen LogP contribution in [0.1, 0.15) is 284 Å². The van der Waals surface area contributed by atoms with Crippen LogP contribution in [0.3, 0.4) is 0 Å². The summed E-state index contributed by atoms with van der Waals surface area (Å²) in [6.07, 6.45) is 63.7. The summed E-state index contributed by atoms with van der Waals surface area (Å²) in [6.45, 7) is 2.68. The van der Waals surface area contributed by atoms with Crippen LogP contribution < -0.4 is 5.32 Å². The summed E-state index contributed by atoms with van der Waals surface area (Å²) >= 11 is 0. The van der Waals surface area contributed by atoms with Gasteiger partial charge in [-0.05, 0) is 83.5 Å². The van der Waals surface area contributed by atoms with Gasteiger partial charge in [-0.15, -0.1) is 0 Å². The number of aliphatic hydroxyl groups is 8. The first-order valence-corrected chi connectivity index (χ1v) is 35.8. The van der Waals surface area contributed by atoms with Gasteiger partial charge in [0, 0.05) is 6.42 Å². The summed E-state index contributed by atoms with van der Waals surface area (Å²) in [5.41, 5.74) is 0. The molecule has 12 unspecified atom stereocenters. The molecule has 0 bridgehead atoms. The molecule has 0 spiro atoms. The molecule has 2 aliphatic heterocycles. The average molecular weight is 1240 g/mol. The van der Waals surface area contributed by atoms with Crippen LogP contribution in [0.25, 0.3) is 0 Å². The van der Waals surface area contributed by atoms with Gasteiger partial charge in [-0.1, -0.05) is 279 Å². The molecule has 88 heavy (non-hydrogen) atoms. The summed E-state index contributed by atoms with van der Waals surface area (Å²) in [5, 5.41) is 87.4. The van der Waals surface area contributed by atoms with E-state index >= 15 is 0 Å². The maximum absolute atomic E-state index is 13.3. The van der Waals surface area contributed by atoms with Crippen molar-refractivity contribution in [2.45, 2.75) is 357 Å². The van der Waals surface area contributed by atoms with Crippen LogP contribution in [0, 0.1) is 0 Å². The molecule has 0 radical (unpaired) electrons. The second-order valence-electron chi connectivity index (χ2n) is 25.0. The first-order valence-electron chi connectivity index (χ1n) is 35.8. The van der Waals surface area contributed by atoms with E-state index in [2.05, 4.69) is 92.1 Å². The van der Waals surface area contributed by atoms with Crippen LogP contribution in [-0.2, 0) is 23.7 Å². The summed E-state index contributed by atoms with van der Waals surface area (Å²) in [4.78, 5) is 13.3. The maximum Gasteiger partial charge on any atom is 0.220 e. The van der Waals surface area contributed by atoms with Gasteiger partial charge in [0.25, 0.3) is 0 Å². The van der Waals surface area contributed by atoms with Gasteiger partial charge in [-0.25, -0.2) is 0 Å². The Balaban J connectivity index is 1.69. The van der Waals surface area contributed by atoms with E-state index in [9.17, 15) is 45.6 Å². The number of aliphatic hydroxyl groups excluding tert-OH is 8. The third-order valence-corrected chi connectivity index (χ3v) is 17.0. The van der Waals surface area contributed by atoms with Crippen LogP contribution in [0.15, 0.2) is 85.1 Å². The zero-order chi connectivity index (χ0) is 63.8. The zero-order valence-corrected chi connectivity index (χ0v) is 55.4. The van der Waals surface area contributed by atoms with E-state index in [0.29, 0.717) is 12.8 Å². The van der Waals surface area contributed by atoms with Crippen molar-refractivity contribution in [3.63, 3.8) is 0 Å². The third kappa shape index (κ3) is 41.6. The highest BCUT2D eigenvalue weighted by Crippen LogP contribution is 2.30. The number of unbranched alkanes of at least 4 members (excludes halogenated alkanes) is 33. The van der Waals surface area contributed by atoms with Gasteiger partial charge in [-0.2, -0.15) is 0 Å². The molecule has 0 aromatic rings. The van der Waals surface area contributed by atoms with Crippen molar-refractivity contribution in [3.05, 3.63) is 85.1 Å². The first-order chi connectivity index (χ1) is 43.1. The molecule has 510 valence electrons. The van der Waals surface area contributed by atoms with Crippen LogP contribution in [-0.4, -0.2) is 140 Å². The number of ether oxygens (including phenoxy) is 4. The monoisotopic (exact) mass is 1240 g/mol. The number of hydrogen-bond acceptors (Lipinski definition) is 13. The first kappa shape index (κ1) is 81.3. The van der Waals surface area contributed by atoms with E-state index in [0.717, 1.165) is 83.5 Å². The van der Waals surface area contributed by atoms with Crippen molar-refractivity contribution < 1.29 is 64.6 Å². The third-order valence-electron chi connectivity index (χ3n) is 17.0. The van der Waals surface area contributed by atoms with E-state index in [1.807, 2.05) is 6.08 Å². The fourth-order valence-electron chi connectivity index (χ4n) is 11.4. The predicted octanol–water partition coefficient (Wildman–Crippen LogP) is 14.8. The molecular formula is C74H131NO13. The fourth-order valence-corrected chi connectivity index (χ4v) is 11.4. The molecule has 0 aliphatic carbocycles. The second kappa shape index (κ2) is 58.0. The van der Waals surface area contributed by atoms with E-state index in [4.69, 9.17) is 18.9 Å². The molecule has 9 N–H and O–H groups in total. The molecule has 14 heteroatoms. The Morgan fingerprint density at radius 2 is 0.795 bits per heavy atom. The van der Waals surface area contributed by atoms with Gasteiger partial charge in [0.05, 0.1) is 32.0 Å². The minimum absolute atomic E-state index is 0.256. The number of nitrogens with one attached hydrogen (secondary N) is 1. The van der Waals surface area contributed by atoms with Crippen molar-refractivity contribution in [1.82, 2.24) is 5.32 Å². The average Bonchev–Trinajstić information content (AvgIpc) is 2.01. The molecule has 2 saturated heterocycles. The molecule has 2 heterocycles. The number of amides is 1. The van der Waals surface area contributed by atoms with Crippen LogP contribution >= 0.6 is 0 Å². The molecular weight excluding hydrogens is 1110 g/mol. The van der Waals surface area contributed by atoms with Crippen molar-refractivity contribution in [2.75, 3.05) is 19.8 Å². The van der Waals surface area contributed by atoms with Crippen molar-refractivity contribution in [2.24, 2.45) is 0 Å². The van der Waals surface area contributed by atoms with Crippen molar-refractivity contribution in [1.29, 1.82) is 0 Å². The van der Waals surface area contributed by atoms with E-state index in [-0.39, 0.29) is 18.9 Å². The van der Waals surface area contributed by atoms with Crippen molar-refractivity contribution >= 4 is 5.91 Å². The van der Waals surface area contributed by atoms with Gasteiger partial charge >= 0.3 is 0 Å². The highest BCUT2D eigenvalue weighted by Gasteiger charge is 2.51. The fraction of sp³-hybridized carbons (Fsp3) is 0.797. The largest absolute Gasteiger partial charge is 0.394 e. The van der Waals surface area contributed by atoms with Crippen molar-refractivity contribution in [3.8, 4) is 0 Å². The standard InChI is InChI=1S/C74H131NO13/c1-3-5-7-9-11-13-15-17-19-21-23-25-26-27-28-29-30-31-32-33-34-35-36-38-39-41-43-45-47-49-51-53-55-57-63(78)62(61-85-73-71(84)69(82)72(65(60-77)87-73)88-74-70(83)68(81)67(80)64(59-76)86-74)75-66(79)58-56-54-52-50-48-46-44-42-40-37-24-22-20-18-16-14-12-10-8-6-4-2/h6,8,12,14,18,20,24,37,39,41,47,49,55,57,62-65,67-74,76-78,80-84H,3-5,7,9-11,13,15-17,19,21-23,25-36,38,40,42-46,48,50-54,56,58-61H2,1-2H3,(H,75,79)/b8-6-,14-12-,20-18-,37-24-,41-39+,49-47+,57-55+. The number of hydrogen-bond donors (Lipinski definition) is 9.